The van der Waals surface area contributed by atoms with E-state index in [0.29, 0.717) is 0 Å². The number of benzene rings is 1. The van der Waals surface area contributed by atoms with Crippen LogP contribution in [-0.2, 0) is 0 Å². The van der Waals surface area contributed by atoms with Crippen LogP contribution < -0.4 is 5.73 Å². The highest BCUT2D eigenvalue weighted by Gasteiger charge is 2.27. The Morgan fingerprint density at radius 2 is 2.05 bits per heavy atom. The highest BCUT2D eigenvalue weighted by molar-refractivity contribution is 6.08. The molecule has 1 fully saturated rings. The first kappa shape index (κ1) is 12.3. The number of carbonyl (C=O) groups excluding carboxylic acids is 1. The van der Waals surface area contributed by atoms with Crippen LogP contribution in [0.2, 0.25) is 0 Å². The smallest absolute Gasteiger partial charge is 0.168 e. The SMILES string of the molecule is NC1CCCC(C(=O)c2cncc3ccccc23)C1. The van der Waals surface area contributed by atoms with Gasteiger partial charge in [0.15, 0.2) is 5.78 Å². The maximum atomic E-state index is 12.7. The van der Waals surface area contributed by atoms with Crippen molar-refractivity contribution in [3.63, 3.8) is 0 Å². The largest absolute Gasteiger partial charge is 0.328 e. The zero-order valence-corrected chi connectivity index (χ0v) is 10.9. The number of hydrogen-bond donors (Lipinski definition) is 1. The first-order chi connectivity index (χ1) is 9.25. The van der Waals surface area contributed by atoms with Crippen molar-refractivity contribution < 1.29 is 4.79 Å². The molecule has 3 nitrogen and oxygen atoms in total. The molecule has 1 aromatic heterocycles. The molecule has 0 spiro atoms. The van der Waals surface area contributed by atoms with Crippen LogP contribution in [0.4, 0.5) is 0 Å². The fraction of sp³-hybridized carbons (Fsp3) is 0.375. The van der Waals surface area contributed by atoms with Crippen molar-refractivity contribution in [2.45, 2.75) is 31.7 Å². The quantitative estimate of drug-likeness (QED) is 0.838. The number of fused-ring (bicyclic) bond motifs is 1. The fourth-order valence-corrected chi connectivity index (χ4v) is 3.00. The molecule has 1 aliphatic carbocycles. The Bertz CT molecular complexity index is 603. The van der Waals surface area contributed by atoms with Crippen molar-refractivity contribution in [3.05, 3.63) is 42.2 Å². The van der Waals surface area contributed by atoms with E-state index in [1.807, 2.05) is 24.3 Å². The summed E-state index contributed by atoms with van der Waals surface area (Å²) in [7, 11) is 0. The molecular weight excluding hydrogens is 236 g/mol. The number of carbonyl (C=O) groups is 1. The number of pyridine rings is 1. The molecule has 0 bridgehead atoms. The van der Waals surface area contributed by atoms with E-state index in [0.717, 1.165) is 42.0 Å². The van der Waals surface area contributed by atoms with Gasteiger partial charge in [-0.3, -0.25) is 9.78 Å². The van der Waals surface area contributed by atoms with Crippen LogP contribution in [0.15, 0.2) is 36.7 Å². The lowest BCUT2D eigenvalue weighted by Gasteiger charge is -2.25. The Balaban J connectivity index is 1.97. The average Bonchev–Trinajstić information content (AvgIpc) is 2.46. The molecule has 98 valence electrons. The Labute approximate surface area is 112 Å². The van der Waals surface area contributed by atoms with Crippen molar-refractivity contribution in [1.82, 2.24) is 4.98 Å². The van der Waals surface area contributed by atoms with Crippen LogP contribution in [0.3, 0.4) is 0 Å². The first-order valence-electron chi connectivity index (χ1n) is 6.88. The van der Waals surface area contributed by atoms with E-state index in [9.17, 15) is 4.79 Å². The van der Waals surface area contributed by atoms with Gasteiger partial charge in [-0.15, -0.1) is 0 Å². The summed E-state index contributed by atoms with van der Waals surface area (Å²) in [5.74, 6) is 0.274. The third-order valence-electron chi connectivity index (χ3n) is 4.02. The van der Waals surface area contributed by atoms with E-state index < -0.39 is 0 Å². The van der Waals surface area contributed by atoms with Gasteiger partial charge in [-0.1, -0.05) is 30.7 Å². The van der Waals surface area contributed by atoms with Crippen molar-refractivity contribution in [2.24, 2.45) is 11.7 Å². The van der Waals surface area contributed by atoms with Crippen LogP contribution in [-0.4, -0.2) is 16.8 Å². The molecule has 0 saturated heterocycles. The fourth-order valence-electron chi connectivity index (χ4n) is 3.00. The van der Waals surface area contributed by atoms with Gasteiger partial charge in [0, 0.05) is 35.3 Å². The molecule has 2 unspecified atom stereocenters. The number of Topliss-reactive ketones (excluding diaryl/α,β-unsaturated/α-hetero) is 1. The van der Waals surface area contributed by atoms with Gasteiger partial charge in [0.05, 0.1) is 0 Å². The summed E-state index contributed by atoms with van der Waals surface area (Å²) < 4.78 is 0. The molecule has 1 heterocycles. The lowest BCUT2D eigenvalue weighted by Crippen LogP contribution is -2.31. The van der Waals surface area contributed by atoms with Gasteiger partial charge in [0.25, 0.3) is 0 Å². The molecule has 19 heavy (non-hydrogen) atoms. The minimum absolute atomic E-state index is 0.0661. The summed E-state index contributed by atoms with van der Waals surface area (Å²) >= 11 is 0. The number of ketones is 1. The predicted octanol–water partition coefficient (Wildman–Crippen LogP) is 2.94. The molecule has 2 N–H and O–H groups in total. The van der Waals surface area contributed by atoms with Crippen molar-refractivity contribution >= 4 is 16.6 Å². The van der Waals surface area contributed by atoms with Crippen molar-refractivity contribution in [3.8, 4) is 0 Å². The maximum Gasteiger partial charge on any atom is 0.168 e. The molecular formula is C16H18N2O. The predicted molar refractivity (Wildman–Crippen MR) is 76.0 cm³/mol. The average molecular weight is 254 g/mol. The van der Waals surface area contributed by atoms with Crippen LogP contribution in [0.5, 0.6) is 0 Å². The minimum atomic E-state index is 0.0661. The van der Waals surface area contributed by atoms with Gasteiger partial charge in [0.2, 0.25) is 0 Å². The van der Waals surface area contributed by atoms with Gasteiger partial charge in [-0.05, 0) is 24.6 Å². The molecule has 2 atom stereocenters. The minimum Gasteiger partial charge on any atom is -0.328 e. The Morgan fingerprint density at radius 1 is 1.21 bits per heavy atom. The molecule has 1 saturated carbocycles. The highest BCUT2D eigenvalue weighted by atomic mass is 16.1. The number of nitrogens with two attached hydrogens (primary N) is 1. The van der Waals surface area contributed by atoms with E-state index in [2.05, 4.69) is 4.98 Å². The Kier molecular flexibility index (Phi) is 3.30. The number of aromatic nitrogens is 1. The molecule has 2 aromatic rings. The molecule has 0 radical (unpaired) electrons. The standard InChI is InChI=1S/C16H18N2O/c17-13-6-3-5-11(8-13)16(19)15-10-18-9-12-4-1-2-7-14(12)15/h1-2,4,7,9-11,13H,3,5-6,8,17H2. The van der Waals surface area contributed by atoms with Crippen LogP contribution in [0, 0.1) is 5.92 Å². The second-order valence-corrected chi connectivity index (χ2v) is 5.40. The number of nitrogens with zero attached hydrogens (tertiary/aromatic N) is 1. The molecule has 3 rings (SSSR count). The van der Waals surface area contributed by atoms with Gasteiger partial charge < -0.3 is 5.73 Å². The monoisotopic (exact) mass is 254 g/mol. The van der Waals surface area contributed by atoms with E-state index in [4.69, 9.17) is 5.73 Å². The zero-order chi connectivity index (χ0) is 13.2. The Hall–Kier alpha value is -1.74. The van der Waals surface area contributed by atoms with E-state index in [1.165, 1.54) is 0 Å². The number of hydrogen-bond acceptors (Lipinski definition) is 3. The normalized spacial score (nSPS) is 23.4. The third-order valence-corrected chi connectivity index (χ3v) is 4.02. The second kappa shape index (κ2) is 5.10. The van der Waals surface area contributed by atoms with E-state index >= 15 is 0 Å². The summed E-state index contributed by atoms with van der Waals surface area (Å²) in [6.45, 7) is 0. The third kappa shape index (κ3) is 2.38. The number of rotatable bonds is 2. The molecule has 3 heteroatoms. The maximum absolute atomic E-state index is 12.7. The molecule has 1 aliphatic rings. The summed E-state index contributed by atoms with van der Waals surface area (Å²) in [6, 6.07) is 8.09. The Morgan fingerprint density at radius 3 is 2.89 bits per heavy atom. The highest BCUT2D eigenvalue weighted by Crippen LogP contribution is 2.28. The lowest BCUT2D eigenvalue weighted by molar-refractivity contribution is 0.0883. The topological polar surface area (TPSA) is 56.0 Å². The van der Waals surface area contributed by atoms with Gasteiger partial charge in [-0.25, -0.2) is 0 Å². The summed E-state index contributed by atoms with van der Waals surface area (Å²) in [6.07, 6.45) is 7.36. The molecule has 0 amide bonds. The molecule has 1 aromatic carbocycles. The summed E-state index contributed by atoms with van der Waals surface area (Å²) in [5, 5.41) is 2.02. The van der Waals surface area contributed by atoms with Gasteiger partial charge >= 0.3 is 0 Å². The van der Waals surface area contributed by atoms with Gasteiger partial charge in [0.1, 0.15) is 0 Å². The van der Waals surface area contributed by atoms with Crippen molar-refractivity contribution in [2.75, 3.05) is 0 Å². The zero-order valence-electron chi connectivity index (χ0n) is 10.9. The first-order valence-corrected chi connectivity index (χ1v) is 6.88. The van der Waals surface area contributed by atoms with Crippen LogP contribution >= 0.6 is 0 Å². The van der Waals surface area contributed by atoms with E-state index in [1.54, 1.807) is 12.4 Å². The summed E-state index contributed by atoms with van der Waals surface area (Å²) in [4.78, 5) is 16.9. The summed E-state index contributed by atoms with van der Waals surface area (Å²) in [5.41, 5.74) is 6.73. The van der Waals surface area contributed by atoms with Crippen molar-refractivity contribution in [1.29, 1.82) is 0 Å². The van der Waals surface area contributed by atoms with Crippen LogP contribution in [0.1, 0.15) is 36.0 Å². The van der Waals surface area contributed by atoms with Crippen LogP contribution in [0.25, 0.3) is 10.8 Å². The van der Waals surface area contributed by atoms with E-state index in [-0.39, 0.29) is 17.7 Å². The lowest BCUT2D eigenvalue weighted by atomic mass is 9.81. The molecule has 0 aliphatic heterocycles. The second-order valence-electron chi connectivity index (χ2n) is 5.40. The van der Waals surface area contributed by atoms with Gasteiger partial charge in [-0.2, -0.15) is 0 Å².